The SMILES string of the molecule is [C-]#[N+]Cc1ccccc1C[N+]#[C-]. The summed E-state index contributed by atoms with van der Waals surface area (Å²) in [7, 11) is 0. The zero-order chi connectivity index (χ0) is 8.81. The second-order valence-electron chi connectivity index (χ2n) is 2.40. The van der Waals surface area contributed by atoms with E-state index in [0.717, 1.165) is 11.1 Å². The second kappa shape index (κ2) is 4.16. The molecule has 0 fully saturated rings. The number of nitrogens with zero attached hydrogens (tertiary/aromatic N) is 2. The first-order valence-corrected chi connectivity index (χ1v) is 3.61. The van der Waals surface area contributed by atoms with Crippen molar-refractivity contribution in [2.45, 2.75) is 13.1 Å². The summed E-state index contributed by atoms with van der Waals surface area (Å²) in [5.74, 6) is 0. The highest BCUT2D eigenvalue weighted by atomic mass is 14.6. The Labute approximate surface area is 72.1 Å². The van der Waals surface area contributed by atoms with Gasteiger partial charge in [0, 0.05) is 11.1 Å². The number of rotatable bonds is 2. The van der Waals surface area contributed by atoms with Gasteiger partial charge in [-0.2, -0.15) is 0 Å². The molecule has 0 unspecified atom stereocenters. The van der Waals surface area contributed by atoms with Crippen LogP contribution in [0.15, 0.2) is 24.3 Å². The van der Waals surface area contributed by atoms with Gasteiger partial charge in [-0.3, -0.25) is 0 Å². The topological polar surface area (TPSA) is 8.72 Å². The van der Waals surface area contributed by atoms with Gasteiger partial charge in [0.05, 0.1) is 0 Å². The Morgan fingerprint density at radius 3 is 1.67 bits per heavy atom. The lowest BCUT2D eigenvalue weighted by Crippen LogP contribution is -1.88. The lowest BCUT2D eigenvalue weighted by Gasteiger charge is -1.96. The molecular formula is C10H8N2. The number of hydrogen-bond acceptors (Lipinski definition) is 0. The molecule has 0 radical (unpaired) electrons. The van der Waals surface area contributed by atoms with E-state index in [1.807, 2.05) is 24.3 Å². The van der Waals surface area contributed by atoms with Gasteiger partial charge >= 0.3 is 0 Å². The maximum atomic E-state index is 6.72. The molecule has 0 bridgehead atoms. The van der Waals surface area contributed by atoms with E-state index in [9.17, 15) is 0 Å². The molecule has 1 aromatic carbocycles. The van der Waals surface area contributed by atoms with E-state index in [2.05, 4.69) is 9.69 Å². The Morgan fingerprint density at radius 1 is 0.917 bits per heavy atom. The lowest BCUT2D eigenvalue weighted by molar-refractivity contribution is 1.14. The molecule has 0 amide bonds. The van der Waals surface area contributed by atoms with E-state index in [1.165, 1.54) is 0 Å². The van der Waals surface area contributed by atoms with Crippen LogP contribution in [0, 0.1) is 13.1 Å². The summed E-state index contributed by atoms with van der Waals surface area (Å²) in [5.41, 5.74) is 1.95. The third kappa shape index (κ3) is 1.84. The normalized spacial score (nSPS) is 8.50. The largest absolute Gasteiger partial charge is 0.312 e. The van der Waals surface area contributed by atoms with E-state index in [0.29, 0.717) is 13.1 Å². The van der Waals surface area contributed by atoms with Gasteiger partial charge < -0.3 is 9.69 Å². The average molecular weight is 156 g/mol. The van der Waals surface area contributed by atoms with Gasteiger partial charge in [0.1, 0.15) is 0 Å². The molecule has 0 aliphatic carbocycles. The van der Waals surface area contributed by atoms with Crippen molar-refractivity contribution >= 4 is 0 Å². The summed E-state index contributed by atoms with van der Waals surface area (Å²) < 4.78 is 0. The zero-order valence-electron chi connectivity index (χ0n) is 6.62. The molecule has 1 rings (SSSR count). The lowest BCUT2D eigenvalue weighted by atomic mass is 10.1. The van der Waals surface area contributed by atoms with Crippen LogP contribution in [-0.4, -0.2) is 0 Å². The minimum Gasteiger partial charge on any atom is -0.312 e. The van der Waals surface area contributed by atoms with Crippen LogP contribution in [0.2, 0.25) is 0 Å². The van der Waals surface area contributed by atoms with Crippen LogP contribution in [-0.2, 0) is 13.1 Å². The number of hydrogen-bond donors (Lipinski definition) is 0. The van der Waals surface area contributed by atoms with Gasteiger partial charge in [0.2, 0.25) is 13.1 Å². The van der Waals surface area contributed by atoms with E-state index in [4.69, 9.17) is 13.1 Å². The highest BCUT2D eigenvalue weighted by molar-refractivity contribution is 5.28. The smallest absolute Gasteiger partial charge is 0.240 e. The van der Waals surface area contributed by atoms with Gasteiger partial charge in [0.15, 0.2) is 0 Å². The first-order chi connectivity index (χ1) is 5.88. The van der Waals surface area contributed by atoms with Crippen LogP contribution >= 0.6 is 0 Å². The van der Waals surface area contributed by atoms with Crippen LogP contribution < -0.4 is 0 Å². The van der Waals surface area contributed by atoms with Crippen molar-refractivity contribution < 1.29 is 0 Å². The molecule has 2 nitrogen and oxygen atoms in total. The molecule has 0 heterocycles. The van der Waals surface area contributed by atoms with Crippen molar-refractivity contribution in [1.29, 1.82) is 0 Å². The van der Waals surface area contributed by atoms with Crippen molar-refractivity contribution in [2.75, 3.05) is 0 Å². The molecule has 58 valence electrons. The molecule has 2 heteroatoms. The van der Waals surface area contributed by atoms with Crippen LogP contribution in [0.3, 0.4) is 0 Å². The van der Waals surface area contributed by atoms with E-state index < -0.39 is 0 Å². The highest BCUT2D eigenvalue weighted by Gasteiger charge is 2.04. The van der Waals surface area contributed by atoms with Gasteiger partial charge in [-0.15, -0.1) is 0 Å². The summed E-state index contributed by atoms with van der Waals surface area (Å²) in [4.78, 5) is 6.59. The quantitative estimate of drug-likeness (QED) is 0.582. The Morgan fingerprint density at radius 2 is 1.33 bits per heavy atom. The minimum atomic E-state index is 0.381. The summed E-state index contributed by atoms with van der Waals surface area (Å²) in [5, 5.41) is 0. The summed E-state index contributed by atoms with van der Waals surface area (Å²) >= 11 is 0. The predicted octanol–water partition coefficient (Wildman–Crippen LogP) is 2.53. The molecule has 0 spiro atoms. The van der Waals surface area contributed by atoms with E-state index >= 15 is 0 Å². The van der Waals surface area contributed by atoms with E-state index in [1.54, 1.807) is 0 Å². The Kier molecular flexibility index (Phi) is 2.87. The molecule has 12 heavy (non-hydrogen) atoms. The third-order valence-corrected chi connectivity index (χ3v) is 1.62. The Bertz CT molecular complexity index is 307. The van der Waals surface area contributed by atoms with Crippen molar-refractivity contribution in [3.8, 4) is 0 Å². The molecule has 0 aliphatic heterocycles. The summed E-state index contributed by atoms with van der Waals surface area (Å²) in [6.45, 7) is 14.2. The predicted molar refractivity (Wildman–Crippen MR) is 47.1 cm³/mol. The maximum absolute atomic E-state index is 6.72. The van der Waals surface area contributed by atoms with Gasteiger partial charge in [-0.1, -0.05) is 24.3 Å². The molecule has 0 aliphatic rings. The van der Waals surface area contributed by atoms with Crippen LogP contribution in [0.5, 0.6) is 0 Å². The molecule has 1 aromatic rings. The monoisotopic (exact) mass is 156 g/mol. The highest BCUT2D eigenvalue weighted by Crippen LogP contribution is 2.10. The molecule has 0 N–H and O–H groups in total. The zero-order valence-corrected chi connectivity index (χ0v) is 6.62. The van der Waals surface area contributed by atoms with Gasteiger partial charge in [0.25, 0.3) is 0 Å². The second-order valence-corrected chi connectivity index (χ2v) is 2.40. The third-order valence-electron chi connectivity index (χ3n) is 1.62. The standard InChI is InChI=1S/C10H8N2/c1-11-7-9-5-3-4-6-10(9)8-12-2/h3-6H,7-8H2. The van der Waals surface area contributed by atoms with Crippen LogP contribution in [0.4, 0.5) is 0 Å². The first-order valence-electron chi connectivity index (χ1n) is 3.61. The molecule has 0 saturated heterocycles. The van der Waals surface area contributed by atoms with Crippen molar-refractivity contribution in [2.24, 2.45) is 0 Å². The fourth-order valence-corrected chi connectivity index (χ4v) is 1.04. The van der Waals surface area contributed by atoms with Crippen molar-refractivity contribution in [3.05, 3.63) is 58.2 Å². The average Bonchev–Trinajstić information content (AvgIpc) is 2.09. The summed E-state index contributed by atoms with van der Waals surface area (Å²) in [6.07, 6.45) is 0. The first kappa shape index (κ1) is 8.30. The molecule has 0 saturated carbocycles. The molecule has 0 aromatic heterocycles. The summed E-state index contributed by atoms with van der Waals surface area (Å²) in [6, 6.07) is 7.60. The van der Waals surface area contributed by atoms with Crippen molar-refractivity contribution in [1.82, 2.24) is 0 Å². The molecule has 0 atom stereocenters. The van der Waals surface area contributed by atoms with Gasteiger partial charge in [-0.05, 0) is 0 Å². The van der Waals surface area contributed by atoms with Crippen molar-refractivity contribution in [3.63, 3.8) is 0 Å². The van der Waals surface area contributed by atoms with Gasteiger partial charge in [-0.25, -0.2) is 13.1 Å². The van der Waals surface area contributed by atoms with Crippen LogP contribution in [0.1, 0.15) is 11.1 Å². The van der Waals surface area contributed by atoms with Crippen LogP contribution in [0.25, 0.3) is 9.69 Å². The Balaban J connectivity index is 2.95. The Hall–Kier alpha value is -1.80. The fourth-order valence-electron chi connectivity index (χ4n) is 1.04. The number of benzene rings is 1. The minimum absolute atomic E-state index is 0.381. The molecular weight excluding hydrogens is 148 g/mol. The maximum Gasteiger partial charge on any atom is 0.240 e. The van der Waals surface area contributed by atoms with E-state index in [-0.39, 0.29) is 0 Å². The fraction of sp³-hybridized carbons (Fsp3) is 0.200.